The summed E-state index contributed by atoms with van der Waals surface area (Å²) in [7, 11) is 0. The molecule has 9 nitrogen and oxygen atoms in total. The molecule has 1 fully saturated rings. The predicted molar refractivity (Wildman–Crippen MR) is 81.8 cm³/mol. The summed E-state index contributed by atoms with van der Waals surface area (Å²) in [5.41, 5.74) is 4.29. The standard InChI is InChI=1S/C15H20N4O5/c1-10(20)19-6-2-4-11(9-19)13(21)17-18-15(23)14(22)16-8-12-5-3-7-24-12/h3,5,7,11H,2,4,6,8-9H2,1H3,(H,16,22)(H,17,21)(H,18,23)/t11-/m1/s1. The first-order chi connectivity index (χ1) is 11.5. The molecule has 0 unspecified atom stereocenters. The Balaban J connectivity index is 1.73. The zero-order valence-electron chi connectivity index (χ0n) is 13.3. The molecule has 1 aliphatic heterocycles. The van der Waals surface area contributed by atoms with Crippen LogP contribution >= 0.6 is 0 Å². The summed E-state index contributed by atoms with van der Waals surface area (Å²) in [4.78, 5) is 48.2. The van der Waals surface area contributed by atoms with Crippen molar-refractivity contribution in [1.82, 2.24) is 21.1 Å². The molecule has 0 spiro atoms. The SMILES string of the molecule is CC(=O)N1CCC[C@@H](C(=O)NNC(=O)C(=O)NCc2ccco2)C1. The molecule has 2 heterocycles. The molecule has 1 atom stereocenters. The van der Waals surface area contributed by atoms with Gasteiger partial charge in [-0.1, -0.05) is 0 Å². The van der Waals surface area contributed by atoms with E-state index in [-0.39, 0.29) is 12.5 Å². The lowest BCUT2D eigenvalue weighted by atomic mass is 9.97. The Hall–Kier alpha value is -2.84. The van der Waals surface area contributed by atoms with E-state index in [1.807, 2.05) is 0 Å². The Kier molecular flexibility index (Phi) is 5.94. The van der Waals surface area contributed by atoms with Crippen LogP contribution in [-0.2, 0) is 25.7 Å². The van der Waals surface area contributed by atoms with Crippen molar-refractivity contribution >= 4 is 23.6 Å². The number of hydrazine groups is 1. The molecule has 1 aliphatic rings. The number of nitrogens with zero attached hydrogens (tertiary/aromatic N) is 1. The number of rotatable bonds is 3. The largest absolute Gasteiger partial charge is 0.467 e. The van der Waals surface area contributed by atoms with Gasteiger partial charge >= 0.3 is 11.8 Å². The molecule has 0 radical (unpaired) electrons. The molecule has 130 valence electrons. The smallest absolute Gasteiger partial charge is 0.327 e. The summed E-state index contributed by atoms with van der Waals surface area (Å²) < 4.78 is 5.02. The highest BCUT2D eigenvalue weighted by atomic mass is 16.3. The van der Waals surface area contributed by atoms with E-state index in [0.29, 0.717) is 25.3 Å². The number of amides is 4. The van der Waals surface area contributed by atoms with Gasteiger partial charge in [-0.25, -0.2) is 0 Å². The van der Waals surface area contributed by atoms with Crippen molar-refractivity contribution in [3.05, 3.63) is 24.2 Å². The van der Waals surface area contributed by atoms with Crippen LogP contribution in [0.3, 0.4) is 0 Å². The van der Waals surface area contributed by atoms with E-state index >= 15 is 0 Å². The molecule has 1 aromatic rings. The first-order valence-electron chi connectivity index (χ1n) is 7.63. The van der Waals surface area contributed by atoms with Gasteiger partial charge in [0.25, 0.3) is 0 Å². The maximum atomic E-state index is 12.0. The zero-order chi connectivity index (χ0) is 17.5. The molecule has 3 N–H and O–H groups in total. The van der Waals surface area contributed by atoms with E-state index in [4.69, 9.17) is 4.42 Å². The first-order valence-corrected chi connectivity index (χ1v) is 7.63. The van der Waals surface area contributed by atoms with Crippen molar-refractivity contribution in [2.45, 2.75) is 26.3 Å². The minimum absolute atomic E-state index is 0.0728. The van der Waals surface area contributed by atoms with Gasteiger partial charge in [0.2, 0.25) is 11.8 Å². The molecular weight excluding hydrogens is 316 g/mol. The van der Waals surface area contributed by atoms with Crippen molar-refractivity contribution in [2.24, 2.45) is 5.92 Å². The number of furan rings is 1. The highest BCUT2D eigenvalue weighted by molar-refractivity contribution is 6.35. The van der Waals surface area contributed by atoms with E-state index in [9.17, 15) is 19.2 Å². The molecule has 0 saturated carbocycles. The van der Waals surface area contributed by atoms with Gasteiger partial charge in [-0.2, -0.15) is 0 Å². The number of carbonyl (C=O) groups is 4. The van der Waals surface area contributed by atoms with Crippen LogP contribution in [0.25, 0.3) is 0 Å². The number of likely N-dealkylation sites (tertiary alicyclic amines) is 1. The maximum absolute atomic E-state index is 12.0. The number of nitrogens with one attached hydrogen (secondary N) is 3. The maximum Gasteiger partial charge on any atom is 0.327 e. The second-order valence-corrected chi connectivity index (χ2v) is 5.51. The molecule has 2 rings (SSSR count). The van der Waals surface area contributed by atoms with Crippen LogP contribution in [0.2, 0.25) is 0 Å². The van der Waals surface area contributed by atoms with Crippen LogP contribution in [0.4, 0.5) is 0 Å². The van der Waals surface area contributed by atoms with Crippen LogP contribution in [0, 0.1) is 5.92 Å². The fourth-order valence-corrected chi connectivity index (χ4v) is 2.42. The van der Waals surface area contributed by atoms with Gasteiger partial charge in [0.05, 0.1) is 18.7 Å². The number of hydrogen-bond donors (Lipinski definition) is 3. The van der Waals surface area contributed by atoms with E-state index in [1.54, 1.807) is 17.0 Å². The quantitative estimate of drug-likeness (QED) is 0.498. The summed E-state index contributed by atoms with van der Waals surface area (Å²) in [6.07, 6.45) is 2.79. The number of hydrogen-bond acceptors (Lipinski definition) is 5. The minimum atomic E-state index is -0.978. The molecule has 1 aromatic heterocycles. The van der Waals surface area contributed by atoms with Crippen LogP contribution in [0.5, 0.6) is 0 Å². The molecule has 24 heavy (non-hydrogen) atoms. The van der Waals surface area contributed by atoms with Gasteiger partial charge < -0.3 is 14.6 Å². The van der Waals surface area contributed by atoms with Crippen LogP contribution in [0.1, 0.15) is 25.5 Å². The summed E-state index contributed by atoms with van der Waals surface area (Å²) in [6, 6.07) is 3.32. The first kappa shape index (κ1) is 17.5. The van der Waals surface area contributed by atoms with Gasteiger partial charge in [-0.15, -0.1) is 0 Å². The average Bonchev–Trinajstić information content (AvgIpc) is 3.10. The van der Waals surface area contributed by atoms with Crippen LogP contribution < -0.4 is 16.2 Å². The molecule has 0 bridgehead atoms. The topological polar surface area (TPSA) is 121 Å². The van der Waals surface area contributed by atoms with Gasteiger partial charge in [0.1, 0.15) is 5.76 Å². The molecule has 9 heteroatoms. The zero-order valence-corrected chi connectivity index (χ0v) is 13.3. The summed E-state index contributed by atoms with van der Waals surface area (Å²) >= 11 is 0. The van der Waals surface area contributed by atoms with Crippen LogP contribution in [-0.4, -0.2) is 41.6 Å². The third kappa shape index (κ3) is 4.83. The Bertz CT molecular complexity index is 613. The van der Waals surface area contributed by atoms with E-state index in [1.165, 1.54) is 13.2 Å². The molecule has 1 saturated heterocycles. The van der Waals surface area contributed by atoms with E-state index in [2.05, 4.69) is 16.2 Å². The number of carbonyl (C=O) groups excluding carboxylic acids is 4. The fourth-order valence-electron chi connectivity index (χ4n) is 2.42. The molecule has 0 aliphatic carbocycles. The summed E-state index contributed by atoms with van der Waals surface area (Å²) in [6.45, 7) is 2.46. The third-order valence-electron chi connectivity index (χ3n) is 3.75. The van der Waals surface area contributed by atoms with E-state index in [0.717, 1.165) is 6.42 Å². The summed E-state index contributed by atoms with van der Waals surface area (Å²) in [5, 5.41) is 2.36. The van der Waals surface area contributed by atoms with Crippen molar-refractivity contribution in [3.63, 3.8) is 0 Å². The second kappa shape index (κ2) is 8.14. The normalized spacial score (nSPS) is 17.0. The fraction of sp³-hybridized carbons (Fsp3) is 0.467. The molecular formula is C15H20N4O5. The van der Waals surface area contributed by atoms with Crippen molar-refractivity contribution in [3.8, 4) is 0 Å². The van der Waals surface area contributed by atoms with Gasteiger partial charge in [0.15, 0.2) is 0 Å². The molecule has 4 amide bonds. The molecule has 0 aromatic carbocycles. The van der Waals surface area contributed by atoms with Crippen molar-refractivity contribution in [1.29, 1.82) is 0 Å². The number of piperidine rings is 1. The Morgan fingerprint density at radius 2 is 2.04 bits per heavy atom. The van der Waals surface area contributed by atoms with Crippen molar-refractivity contribution < 1.29 is 23.6 Å². The average molecular weight is 336 g/mol. The highest BCUT2D eigenvalue weighted by Gasteiger charge is 2.27. The highest BCUT2D eigenvalue weighted by Crippen LogP contribution is 2.16. The van der Waals surface area contributed by atoms with E-state index < -0.39 is 23.6 Å². The Morgan fingerprint density at radius 3 is 2.71 bits per heavy atom. The lowest BCUT2D eigenvalue weighted by Crippen LogP contribution is -2.52. The third-order valence-corrected chi connectivity index (χ3v) is 3.75. The van der Waals surface area contributed by atoms with Gasteiger partial charge in [-0.05, 0) is 25.0 Å². The van der Waals surface area contributed by atoms with Gasteiger partial charge in [0, 0.05) is 20.0 Å². The Labute approximate surface area is 138 Å². The van der Waals surface area contributed by atoms with Crippen LogP contribution in [0.15, 0.2) is 22.8 Å². The lowest BCUT2D eigenvalue weighted by Gasteiger charge is -2.31. The lowest BCUT2D eigenvalue weighted by molar-refractivity contribution is -0.142. The summed E-state index contributed by atoms with van der Waals surface area (Å²) in [5.74, 6) is -2.28. The predicted octanol–water partition coefficient (Wildman–Crippen LogP) is -0.698. The second-order valence-electron chi connectivity index (χ2n) is 5.51. The van der Waals surface area contributed by atoms with Crippen molar-refractivity contribution in [2.75, 3.05) is 13.1 Å². The Morgan fingerprint density at radius 1 is 1.25 bits per heavy atom. The van der Waals surface area contributed by atoms with Gasteiger partial charge in [-0.3, -0.25) is 30.0 Å². The minimum Gasteiger partial charge on any atom is -0.467 e. The monoisotopic (exact) mass is 336 g/mol.